The molecule has 5 nitrogen and oxygen atoms in total. The lowest BCUT2D eigenvalue weighted by Gasteiger charge is -2.22. The Morgan fingerprint density at radius 2 is 1.62 bits per heavy atom. The Balaban J connectivity index is 1.62. The monoisotopic (exact) mass is 490 g/mol. The van der Waals surface area contributed by atoms with E-state index in [1.165, 1.54) is 0 Å². The van der Waals surface area contributed by atoms with Crippen molar-refractivity contribution in [1.29, 1.82) is 0 Å². The SMILES string of the molecule is Cc1ccc(OC(=O)[C@]23C(=O)Oc4ccccc4[C@H]2[C@]3(C)C(=O)c2ccc(Br)cc2)cc1. The molecular weight excluding hydrogens is 472 g/mol. The van der Waals surface area contributed by atoms with Crippen LogP contribution >= 0.6 is 15.9 Å². The van der Waals surface area contributed by atoms with Crippen LogP contribution in [0.2, 0.25) is 0 Å². The summed E-state index contributed by atoms with van der Waals surface area (Å²) in [5.41, 5.74) is -1.02. The van der Waals surface area contributed by atoms with Gasteiger partial charge in [-0.15, -0.1) is 0 Å². The third kappa shape index (κ3) is 2.72. The Morgan fingerprint density at radius 3 is 2.31 bits per heavy atom. The predicted octanol–water partition coefficient (Wildman–Crippen LogP) is 5.25. The molecule has 1 aliphatic carbocycles. The van der Waals surface area contributed by atoms with Crippen LogP contribution in [0.1, 0.15) is 34.3 Å². The summed E-state index contributed by atoms with van der Waals surface area (Å²) in [4.78, 5) is 40.6. The van der Waals surface area contributed by atoms with Gasteiger partial charge in [-0.2, -0.15) is 0 Å². The third-order valence-corrected chi connectivity index (χ3v) is 7.16. The van der Waals surface area contributed by atoms with Crippen LogP contribution in [0.15, 0.2) is 77.3 Å². The summed E-state index contributed by atoms with van der Waals surface area (Å²) in [6.45, 7) is 3.58. The number of ether oxygens (including phenoxy) is 2. The Bertz CT molecular complexity index is 1260. The van der Waals surface area contributed by atoms with Crippen LogP contribution < -0.4 is 9.47 Å². The van der Waals surface area contributed by atoms with E-state index in [0.717, 1.165) is 10.0 Å². The maximum absolute atomic E-state index is 13.7. The first-order valence-corrected chi connectivity index (χ1v) is 11.0. The number of hydrogen-bond acceptors (Lipinski definition) is 5. The largest absolute Gasteiger partial charge is 0.426 e. The number of carbonyl (C=O) groups is 3. The van der Waals surface area contributed by atoms with Gasteiger partial charge in [-0.25, -0.2) is 0 Å². The normalized spacial score (nSPS) is 25.2. The van der Waals surface area contributed by atoms with E-state index in [-0.39, 0.29) is 5.78 Å². The van der Waals surface area contributed by atoms with Gasteiger partial charge in [0.15, 0.2) is 11.2 Å². The molecule has 1 saturated carbocycles. The zero-order valence-corrected chi connectivity index (χ0v) is 19.0. The molecular formula is C26H19BrO5. The molecule has 0 aromatic heterocycles. The number of hydrogen-bond donors (Lipinski definition) is 0. The van der Waals surface area contributed by atoms with Crippen molar-refractivity contribution < 1.29 is 23.9 Å². The first kappa shape index (κ1) is 20.6. The first-order valence-electron chi connectivity index (χ1n) is 10.2. The van der Waals surface area contributed by atoms with Gasteiger partial charge < -0.3 is 9.47 Å². The van der Waals surface area contributed by atoms with E-state index in [4.69, 9.17) is 9.47 Å². The average molecular weight is 491 g/mol. The summed E-state index contributed by atoms with van der Waals surface area (Å²) in [7, 11) is 0. The van der Waals surface area contributed by atoms with Crippen LogP contribution in [0.3, 0.4) is 0 Å². The molecule has 0 N–H and O–H groups in total. The zero-order valence-electron chi connectivity index (χ0n) is 17.4. The fraction of sp³-hybridized carbons (Fsp3) is 0.192. The number of rotatable bonds is 4. The number of para-hydroxylation sites is 1. The maximum Gasteiger partial charge on any atom is 0.330 e. The second-order valence-electron chi connectivity index (χ2n) is 8.41. The van der Waals surface area contributed by atoms with Gasteiger partial charge in [-0.05, 0) is 44.2 Å². The smallest absolute Gasteiger partial charge is 0.330 e. The van der Waals surface area contributed by atoms with Crippen LogP contribution in [0, 0.1) is 17.8 Å². The van der Waals surface area contributed by atoms with Gasteiger partial charge in [-0.3, -0.25) is 14.4 Å². The van der Waals surface area contributed by atoms with Crippen LogP contribution in [0.5, 0.6) is 11.5 Å². The molecule has 5 rings (SSSR count). The summed E-state index contributed by atoms with van der Waals surface area (Å²) in [6.07, 6.45) is 0. The molecule has 3 aromatic carbocycles. The van der Waals surface area contributed by atoms with Crippen molar-refractivity contribution in [3.05, 3.63) is 94.0 Å². The Morgan fingerprint density at radius 1 is 0.969 bits per heavy atom. The highest BCUT2D eigenvalue weighted by Crippen LogP contribution is 2.78. The number of benzene rings is 3. The van der Waals surface area contributed by atoms with Crippen molar-refractivity contribution in [3.63, 3.8) is 0 Å². The van der Waals surface area contributed by atoms with E-state index in [1.807, 2.05) is 19.1 Å². The number of fused-ring (bicyclic) bond motifs is 3. The van der Waals surface area contributed by atoms with Crippen molar-refractivity contribution in [3.8, 4) is 11.5 Å². The number of aryl methyl sites for hydroxylation is 1. The van der Waals surface area contributed by atoms with Crippen LogP contribution in [-0.4, -0.2) is 17.7 Å². The van der Waals surface area contributed by atoms with Crippen molar-refractivity contribution in [2.75, 3.05) is 0 Å². The number of esters is 2. The summed E-state index contributed by atoms with van der Waals surface area (Å²) in [5, 5.41) is 0. The molecule has 0 saturated heterocycles. The summed E-state index contributed by atoms with van der Waals surface area (Å²) in [5.74, 6) is -1.84. The molecule has 1 heterocycles. The van der Waals surface area contributed by atoms with Gasteiger partial charge >= 0.3 is 11.9 Å². The van der Waals surface area contributed by atoms with Gasteiger partial charge in [0.05, 0.1) is 5.41 Å². The Kier molecular flexibility index (Phi) is 4.60. The predicted molar refractivity (Wildman–Crippen MR) is 121 cm³/mol. The molecule has 32 heavy (non-hydrogen) atoms. The minimum atomic E-state index is -1.75. The lowest BCUT2D eigenvalue weighted by molar-refractivity contribution is -0.156. The van der Waals surface area contributed by atoms with E-state index < -0.39 is 28.7 Å². The molecule has 0 spiro atoms. The molecule has 6 heteroatoms. The highest BCUT2D eigenvalue weighted by molar-refractivity contribution is 9.10. The maximum atomic E-state index is 13.7. The fourth-order valence-electron chi connectivity index (χ4n) is 4.90. The number of halogens is 1. The molecule has 0 unspecified atom stereocenters. The highest BCUT2D eigenvalue weighted by Gasteiger charge is 2.89. The van der Waals surface area contributed by atoms with Gasteiger partial charge in [0.2, 0.25) is 0 Å². The minimum Gasteiger partial charge on any atom is -0.426 e. The lowest BCUT2D eigenvalue weighted by atomic mass is 9.87. The molecule has 3 atom stereocenters. The van der Waals surface area contributed by atoms with Crippen molar-refractivity contribution in [2.24, 2.45) is 10.8 Å². The third-order valence-electron chi connectivity index (χ3n) is 6.63. The van der Waals surface area contributed by atoms with Crippen molar-refractivity contribution in [1.82, 2.24) is 0 Å². The summed E-state index contributed by atoms with van der Waals surface area (Å²) in [6, 6.07) is 20.8. The van der Waals surface area contributed by atoms with E-state index in [2.05, 4.69) is 15.9 Å². The molecule has 0 bridgehead atoms. The molecule has 2 aliphatic rings. The highest BCUT2D eigenvalue weighted by atomic mass is 79.9. The number of Topliss-reactive ketones (excluding diaryl/α,β-unsaturated/α-hetero) is 1. The molecule has 160 valence electrons. The fourth-order valence-corrected chi connectivity index (χ4v) is 5.17. The van der Waals surface area contributed by atoms with E-state index >= 15 is 0 Å². The molecule has 0 amide bonds. The van der Waals surface area contributed by atoms with Crippen molar-refractivity contribution in [2.45, 2.75) is 19.8 Å². The van der Waals surface area contributed by atoms with Crippen LogP contribution in [-0.2, 0) is 9.59 Å². The minimum absolute atomic E-state index is 0.301. The van der Waals surface area contributed by atoms with Crippen LogP contribution in [0.25, 0.3) is 0 Å². The number of carbonyl (C=O) groups excluding carboxylic acids is 3. The molecule has 3 aromatic rings. The number of ketones is 1. The summed E-state index contributed by atoms with van der Waals surface area (Å²) < 4.78 is 12.0. The zero-order chi connectivity index (χ0) is 22.7. The van der Waals surface area contributed by atoms with Crippen molar-refractivity contribution >= 4 is 33.7 Å². The quantitative estimate of drug-likeness (QED) is 0.216. The standard InChI is InChI=1S/C26H19BrO5/c1-15-7-13-18(14-8-15)31-23(29)26-21(19-5-3-4-6-20(19)32-24(26)30)25(26,2)22(28)16-9-11-17(27)12-10-16/h3-14,21H,1-2H3/t21-,25+,26-/m0/s1. The molecule has 0 radical (unpaired) electrons. The average Bonchev–Trinajstić information content (AvgIpc) is 3.39. The molecule has 1 fully saturated rings. The van der Waals surface area contributed by atoms with Gasteiger partial charge in [0.25, 0.3) is 0 Å². The van der Waals surface area contributed by atoms with Gasteiger partial charge in [0, 0.05) is 21.5 Å². The Labute approximate surface area is 193 Å². The second-order valence-corrected chi connectivity index (χ2v) is 9.32. The first-order chi connectivity index (χ1) is 15.3. The lowest BCUT2D eigenvalue weighted by Crippen LogP contribution is -2.41. The second kappa shape index (κ2) is 7.14. The molecule has 1 aliphatic heterocycles. The Hall–Kier alpha value is -3.25. The van der Waals surface area contributed by atoms with Gasteiger partial charge in [-0.1, -0.05) is 64.0 Å². The van der Waals surface area contributed by atoms with E-state index in [0.29, 0.717) is 22.6 Å². The van der Waals surface area contributed by atoms with Crippen LogP contribution in [0.4, 0.5) is 0 Å². The van der Waals surface area contributed by atoms with E-state index in [1.54, 1.807) is 67.6 Å². The summed E-state index contributed by atoms with van der Waals surface area (Å²) >= 11 is 3.37. The van der Waals surface area contributed by atoms with E-state index in [9.17, 15) is 14.4 Å². The topological polar surface area (TPSA) is 69.7 Å². The van der Waals surface area contributed by atoms with Gasteiger partial charge in [0.1, 0.15) is 11.5 Å².